The van der Waals surface area contributed by atoms with Crippen molar-refractivity contribution in [3.8, 4) is 0 Å². The number of ketones is 2. The summed E-state index contributed by atoms with van der Waals surface area (Å²) in [7, 11) is 0. The number of aryl methyl sites for hydroxylation is 2. The van der Waals surface area contributed by atoms with E-state index in [1.807, 2.05) is 57.2 Å². The molecule has 296 valence electrons. The molecule has 0 bridgehead atoms. The van der Waals surface area contributed by atoms with Crippen molar-refractivity contribution >= 4 is 46.6 Å². The van der Waals surface area contributed by atoms with Crippen LogP contribution in [0.3, 0.4) is 0 Å². The third-order valence-corrected chi connectivity index (χ3v) is 9.38. The number of aromatic nitrogens is 4. The first kappa shape index (κ1) is 43.3. The zero-order chi connectivity index (χ0) is 40.0. The third kappa shape index (κ3) is 15.3. The molecule has 0 spiro atoms. The maximum atomic E-state index is 12.6. The lowest BCUT2D eigenvalue weighted by Crippen LogP contribution is -2.42. The summed E-state index contributed by atoms with van der Waals surface area (Å²) >= 11 is 11.7. The Morgan fingerprint density at radius 3 is 1.84 bits per heavy atom. The summed E-state index contributed by atoms with van der Waals surface area (Å²) in [5, 5.41) is 22.8. The zero-order valence-corrected chi connectivity index (χ0v) is 32.9. The van der Waals surface area contributed by atoms with Crippen LogP contribution in [0, 0.1) is 0 Å². The van der Waals surface area contributed by atoms with Crippen molar-refractivity contribution in [2.45, 2.75) is 102 Å². The molecule has 55 heavy (non-hydrogen) atoms. The average molecular weight is 798 g/mol. The Hall–Kier alpha value is -4.40. The average Bonchev–Trinajstić information content (AvgIpc) is 3.97. The highest BCUT2D eigenvalue weighted by Crippen LogP contribution is 2.22. The van der Waals surface area contributed by atoms with Crippen molar-refractivity contribution in [3.63, 3.8) is 0 Å². The molecule has 1 amide bonds. The van der Waals surface area contributed by atoms with E-state index >= 15 is 0 Å². The number of carbonyl (C=O) groups excluding carboxylic acids is 3. The van der Waals surface area contributed by atoms with E-state index in [-0.39, 0.29) is 54.9 Å². The molecule has 2 aromatic heterocycles. The molecule has 13 nitrogen and oxygen atoms in total. The summed E-state index contributed by atoms with van der Waals surface area (Å²) in [6, 6.07) is 14.4. The Morgan fingerprint density at radius 1 is 0.818 bits per heavy atom. The van der Waals surface area contributed by atoms with Crippen molar-refractivity contribution in [3.05, 3.63) is 107 Å². The summed E-state index contributed by atoms with van der Waals surface area (Å²) in [6.07, 6.45) is 12.3. The topological polar surface area (TPSA) is 169 Å². The number of hydrogen-bond donors (Lipinski definition) is 3. The van der Waals surface area contributed by atoms with Gasteiger partial charge in [-0.3, -0.25) is 19.2 Å². The lowest BCUT2D eigenvalue weighted by Gasteiger charge is -2.24. The number of aliphatic hydroxyl groups is 1. The van der Waals surface area contributed by atoms with Crippen LogP contribution in [-0.4, -0.2) is 101 Å². The first-order valence-corrected chi connectivity index (χ1v) is 19.0. The largest absolute Gasteiger partial charge is 0.480 e. The Balaban J connectivity index is 0.000000202. The minimum Gasteiger partial charge on any atom is -0.480 e. The monoisotopic (exact) mass is 796 g/mol. The number of ether oxygens (including phenoxy) is 1. The van der Waals surface area contributed by atoms with Gasteiger partial charge >= 0.3 is 5.97 Å². The number of hydrogen-bond acceptors (Lipinski definition) is 9. The molecule has 3 N–H and O–H groups in total. The van der Waals surface area contributed by atoms with E-state index in [0.29, 0.717) is 30.7 Å². The van der Waals surface area contributed by atoms with E-state index in [2.05, 4.69) is 15.3 Å². The minimum absolute atomic E-state index is 0.0139. The van der Waals surface area contributed by atoms with Gasteiger partial charge in [0.15, 0.2) is 5.78 Å². The van der Waals surface area contributed by atoms with Crippen molar-refractivity contribution in [1.82, 2.24) is 29.3 Å². The van der Waals surface area contributed by atoms with Crippen LogP contribution in [0.4, 0.5) is 0 Å². The second kappa shape index (κ2) is 21.1. The second-order valence-corrected chi connectivity index (χ2v) is 15.4. The Kier molecular flexibility index (Phi) is 16.6. The number of likely N-dealkylation sites (tertiary alicyclic amines) is 1. The van der Waals surface area contributed by atoms with Gasteiger partial charge in [0.25, 0.3) is 0 Å². The number of β-amino-alcohol motifs (C(OH)–C–C–N with tert-alkyl or cyclic N) is 1. The van der Waals surface area contributed by atoms with Crippen molar-refractivity contribution in [1.29, 1.82) is 0 Å². The number of imidazole rings is 2. The summed E-state index contributed by atoms with van der Waals surface area (Å²) in [4.78, 5) is 56.4. The van der Waals surface area contributed by atoms with Crippen LogP contribution in [0.15, 0.2) is 86.0 Å². The lowest BCUT2D eigenvalue weighted by molar-refractivity contribution is -0.138. The number of carbonyl (C=O) groups is 4. The van der Waals surface area contributed by atoms with Gasteiger partial charge in [0.05, 0.1) is 42.5 Å². The molecule has 2 aliphatic rings. The van der Waals surface area contributed by atoms with Gasteiger partial charge in [0.1, 0.15) is 18.9 Å². The number of nitrogens with one attached hydrogen (secondary N) is 1. The number of aliphatic hydroxyl groups excluding tert-OH is 1. The maximum Gasteiger partial charge on any atom is 0.323 e. The normalized spacial score (nSPS) is 19.2. The summed E-state index contributed by atoms with van der Waals surface area (Å²) in [5.74, 6) is -0.789. The fraction of sp³-hybridized carbons (Fsp3) is 0.450. The van der Waals surface area contributed by atoms with Crippen LogP contribution < -0.4 is 5.32 Å². The van der Waals surface area contributed by atoms with Crippen molar-refractivity contribution in [2.24, 2.45) is 0 Å². The summed E-state index contributed by atoms with van der Waals surface area (Å²) < 4.78 is 9.07. The van der Waals surface area contributed by atoms with Gasteiger partial charge in [-0.25, -0.2) is 9.97 Å². The quantitative estimate of drug-likeness (QED) is 0.166. The van der Waals surface area contributed by atoms with Gasteiger partial charge in [-0.1, -0.05) is 47.5 Å². The number of Topliss-reactive ketones (excluding diaryl/α,β-unsaturated/α-hetero) is 2. The van der Waals surface area contributed by atoms with Crippen LogP contribution >= 0.6 is 23.2 Å². The van der Waals surface area contributed by atoms with E-state index < -0.39 is 18.1 Å². The molecule has 4 aromatic rings. The maximum absolute atomic E-state index is 12.6. The highest BCUT2D eigenvalue weighted by molar-refractivity contribution is 6.30. The molecule has 0 radical (unpaired) electrons. The smallest absolute Gasteiger partial charge is 0.323 e. The number of nitrogens with zero attached hydrogens (tertiary/aromatic N) is 5. The molecular formula is C40H50Cl2N6O7. The van der Waals surface area contributed by atoms with Crippen LogP contribution in [-0.2, 0) is 49.8 Å². The third-order valence-electron chi connectivity index (χ3n) is 8.87. The molecule has 6 rings (SSSR count). The van der Waals surface area contributed by atoms with Gasteiger partial charge in [0.2, 0.25) is 5.91 Å². The molecule has 0 aliphatic carbocycles. The van der Waals surface area contributed by atoms with E-state index in [9.17, 15) is 24.3 Å². The standard InChI is InChI=1S/C18H20ClN3O3.C17H24ClNO2.C5H6N2O2/c19-14-4-1-13(2-5-14)3-6-17(24)16-9-15(23)10-22(16)18(25)11-21-8-7-20-12-21;1-17(2,3)21-14-10-15(19-11-14)16(20)9-6-12-4-7-13(18)8-5-12;8-5(9)3-7-2-1-6-4-7/h1-2,4-5,7-8,12,15-16,23H,3,6,9-11H2;4-5,7-8,14-15,19H,6,9-11H2,1-3H3;1-2,4H,3H2,(H,8,9)/t15-,16+;14-,15+;/m11./s1. The lowest BCUT2D eigenvalue weighted by atomic mass is 10.0. The van der Waals surface area contributed by atoms with E-state index in [0.717, 1.165) is 35.5 Å². The molecule has 4 heterocycles. The zero-order valence-electron chi connectivity index (χ0n) is 31.4. The highest BCUT2D eigenvalue weighted by atomic mass is 35.5. The Labute approximate surface area is 331 Å². The predicted molar refractivity (Wildman–Crippen MR) is 209 cm³/mol. The molecule has 15 heteroatoms. The number of rotatable bonds is 13. The minimum atomic E-state index is -0.854. The van der Waals surface area contributed by atoms with E-state index in [4.69, 9.17) is 33.0 Å². The van der Waals surface area contributed by atoms with Crippen molar-refractivity contribution < 1.29 is 34.1 Å². The van der Waals surface area contributed by atoms with Crippen LogP contribution in [0.2, 0.25) is 10.0 Å². The van der Waals surface area contributed by atoms with Crippen molar-refractivity contribution in [2.75, 3.05) is 13.1 Å². The first-order valence-electron chi connectivity index (χ1n) is 18.2. The van der Waals surface area contributed by atoms with Crippen LogP contribution in [0.25, 0.3) is 0 Å². The number of amides is 1. The number of aliphatic carboxylic acids is 1. The van der Waals surface area contributed by atoms with Gasteiger partial charge < -0.3 is 34.3 Å². The second-order valence-electron chi connectivity index (χ2n) is 14.5. The predicted octanol–water partition coefficient (Wildman–Crippen LogP) is 5.06. The Morgan fingerprint density at radius 2 is 1.35 bits per heavy atom. The SMILES string of the molecule is CC(C)(C)O[C@H]1CN[C@H](C(=O)CCc2ccc(Cl)cc2)C1.O=C(CCc1ccc(Cl)cc1)[C@@H]1C[C@@H](O)CN1C(=O)Cn1ccnc1.O=C(O)Cn1ccnc1. The van der Waals surface area contributed by atoms with E-state index in [1.54, 1.807) is 47.8 Å². The molecule has 2 aromatic carbocycles. The molecule has 0 saturated carbocycles. The molecule has 2 fully saturated rings. The number of carboxylic acids is 1. The van der Waals surface area contributed by atoms with Gasteiger partial charge in [-0.2, -0.15) is 0 Å². The molecule has 4 atom stereocenters. The molecular weight excluding hydrogens is 747 g/mol. The fourth-order valence-corrected chi connectivity index (χ4v) is 6.53. The molecule has 2 aliphatic heterocycles. The van der Waals surface area contributed by atoms with Gasteiger partial charge in [-0.05, 0) is 75.4 Å². The number of halogens is 2. The fourth-order valence-electron chi connectivity index (χ4n) is 6.27. The number of carboxylic acid groups (broad SMARTS) is 1. The van der Waals surface area contributed by atoms with Crippen LogP contribution in [0.5, 0.6) is 0 Å². The Bertz CT molecular complexity index is 1800. The molecule has 2 saturated heterocycles. The van der Waals surface area contributed by atoms with Gasteiger partial charge in [-0.15, -0.1) is 0 Å². The van der Waals surface area contributed by atoms with Crippen LogP contribution in [0.1, 0.15) is 57.6 Å². The summed E-state index contributed by atoms with van der Waals surface area (Å²) in [5.41, 5.74) is 2.01. The highest BCUT2D eigenvalue weighted by Gasteiger charge is 2.38. The first-order chi connectivity index (χ1) is 26.1. The number of benzene rings is 2. The van der Waals surface area contributed by atoms with E-state index in [1.165, 1.54) is 15.8 Å². The van der Waals surface area contributed by atoms with Gasteiger partial charge in [0, 0.05) is 67.2 Å². The summed E-state index contributed by atoms with van der Waals surface area (Å²) in [6.45, 7) is 7.20. The molecule has 0 unspecified atom stereocenters.